The molecule has 26 heavy (non-hydrogen) atoms. The van der Waals surface area contributed by atoms with Gasteiger partial charge < -0.3 is 10.6 Å². The fourth-order valence-electron chi connectivity index (χ4n) is 3.30. The number of thioether (sulfide) groups is 1. The van der Waals surface area contributed by atoms with Crippen molar-refractivity contribution < 1.29 is 26.7 Å². The molecule has 10 radical (unpaired) electrons. The summed E-state index contributed by atoms with van der Waals surface area (Å²) < 4.78 is 0. The van der Waals surface area contributed by atoms with Gasteiger partial charge in [-0.1, -0.05) is 6.42 Å². The predicted molar refractivity (Wildman–Crippen MR) is 101 cm³/mol. The first-order valence-corrected chi connectivity index (χ1v) is 9.89. The molecule has 2 amide bonds. The Labute approximate surface area is 173 Å². The van der Waals surface area contributed by atoms with Crippen molar-refractivity contribution in [2.24, 2.45) is 0 Å². The molecule has 6 heteroatoms. The van der Waals surface area contributed by atoms with Crippen LogP contribution < -0.4 is 10.6 Å². The summed E-state index contributed by atoms with van der Waals surface area (Å²) in [5.74, 6) is 2.07. The Morgan fingerprint density at radius 3 is 2.31 bits per heavy atom. The molecule has 0 aromatic carbocycles. The first-order valence-electron chi connectivity index (χ1n) is 8.84. The summed E-state index contributed by atoms with van der Waals surface area (Å²) in [5.41, 5.74) is 0. The number of nitrogens with one attached hydrogen (secondary N) is 2. The number of rotatable bonds is 6. The Morgan fingerprint density at radius 1 is 1.00 bits per heavy atom. The average molecular weight is 412 g/mol. The van der Waals surface area contributed by atoms with Crippen molar-refractivity contribution in [3.8, 4) is 0 Å². The van der Waals surface area contributed by atoms with E-state index in [0.29, 0.717) is 17.7 Å². The summed E-state index contributed by atoms with van der Waals surface area (Å²) in [6.07, 6.45) is 21.2. The van der Waals surface area contributed by atoms with Crippen LogP contribution in [-0.4, -0.2) is 34.9 Å². The van der Waals surface area contributed by atoms with Gasteiger partial charge in [-0.15, -0.1) is 0 Å². The van der Waals surface area contributed by atoms with Crippen molar-refractivity contribution in [2.45, 2.75) is 43.0 Å². The second kappa shape index (κ2) is 11.6. The third-order valence-corrected chi connectivity index (χ3v) is 6.13. The molecule has 0 aromatic heterocycles. The number of urea groups is 1. The van der Waals surface area contributed by atoms with E-state index in [9.17, 15) is 9.59 Å². The molecule has 2 saturated carbocycles. The van der Waals surface area contributed by atoms with E-state index in [-0.39, 0.29) is 34.9 Å². The van der Waals surface area contributed by atoms with Crippen LogP contribution in [0.4, 0.5) is 4.79 Å². The van der Waals surface area contributed by atoms with Crippen molar-refractivity contribution >= 4 is 23.6 Å². The number of fused-ring (bicyclic) bond motifs is 1. The van der Waals surface area contributed by atoms with E-state index in [1.807, 2.05) is 69.5 Å². The first kappa shape index (κ1) is 22.1. The minimum absolute atomic E-state index is 0. The van der Waals surface area contributed by atoms with Gasteiger partial charge in [-0.3, -0.25) is 4.79 Å². The quantitative estimate of drug-likeness (QED) is 0.401. The zero-order chi connectivity index (χ0) is 17.5. The van der Waals surface area contributed by atoms with Gasteiger partial charge in [0.1, 0.15) is 5.78 Å². The van der Waals surface area contributed by atoms with Crippen LogP contribution in [0.3, 0.4) is 0 Å². The maximum absolute atomic E-state index is 11.9. The molecule has 0 bridgehead atoms. The molecule has 138 valence electrons. The largest absolute Gasteiger partial charge is 2.00 e. The van der Waals surface area contributed by atoms with Crippen molar-refractivity contribution in [2.75, 3.05) is 5.75 Å². The molecule has 2 aliphatic carbocycles. The minimum Gasteiger partial charge on any atom is -0.332 e. The number of unbranched alkanes of at least 4 members (excludes halogenated alkanes) is 1. The molecule has 2 aliphatic heterocycles. The van der Waals surface area contributed by atoms with Gasteiger partial charge in [0.2, 0.25) is 0 Å². The zero-order valence-corrected chi connectivity index (χ0v) is 16.5. The maximum Gasteiger partial charge on any atom is 2.00 e. The van der Waals surface area contributed by atoms with Gasteiger partial charge in [-0.05, 0) is 70.6 Å². The third-order valence-electron chi connectivity index (χ3n) is 4.62. The first-order chi connectivity index (χ1) is 12.2. The smallest absolute Gasteiger partial charge is 0.332 e. The number of amides is 2. The van der Waals surface area contributed by atoms with Crippen molar-refractivity contribution in [1.29, 1.82) is 0 Å². The molecule has 4 nitrogen and oxygen atoms in total. The fourth-order valence-corrected chi connectivity index (χ4v) is 4.84. The van der Waals surface area contributed by atoms with Gasteiger partial charge >= 0.3 is 23.1 Å². The van der Waals surface area contributed by atoms with Gasteiger partial charge in [-0.25, -0.2) is 4.79 Å². The fraction of sp³-hybridized carbons (Fsp3) is 0.400. The van der Waals surface area contributed by atoms with E-state index < -0.39 is 0 Å². The molecule has 4 aliphatic rings. The Hall–Kier alpha value is -0.191. The normalized spacial score (nSPS) is 30.0. The van der Waals surface area contributed by atoms with Crippen LogP contribution >= 0.6 is 11.8 Å². The average Bonchev–Trinajstić information content (AvgIpc) is 3.37. The number of Topliss-reactive ketones (excluding diaryl/α,β-unsaturated/α-hetero) is 1. The summed E-state index contributed by atoms with van der Waals surface area (Å²) in [6.45, 7) is 0. The molecule has 0 spiro atoms. The Kier molecular flexibility index (Phi) is 9.87. The number of carbonyl (C=O) groups is 2. The summed E-state index contributed by atoms with van der Waals surface area (Å²) in [4.78, 5) is 23.1. The van der Waals surface area contributed by atoms with Gasteiger partial charge in [0.05, 0.1) is 12.1 Å². The van der Waals surface area contributed by atoms with E-state index in [2.05, 4.69) is 10.6 Å². The van der Waals surface area contributed by atoms with Gasteiger partial charge in [0.15, 0.2) is 0 Å². The Morgan fingerprint density at radius 2 is 1.65 bits per heavy atom. The van der Waals surface area contributed by atoms with Crippen molar-refractivity contribution in [1.82, 2.24) is 10.6 Å². The molecule has 0 aromatic rings. The number of hydrogen-bond acceptors (Lipinski definition) is 3. The Balaban J connectivity index is 0.000000351. The van der Waals surface area contributed by atoms with E-state index in [1.165, 1.54) is 0 Å². The van der Waals surface area contributed by atoms with Gasteiger partial charge in [-0.2, -0.15) is 11.8 Å². The molecular formula is C20H24FeN2O2S+2. The minimum atomic E-state index is -0.0308. The molecule has 3 atom stereocenters. The number of carbonyl (C=O) groups excluding carboxylic acids is 2. The predicted octanol–water partition coefficient (Wildman–Crippen LogP) is 2.71. The van der Waals surface area contributed by atoms with Crippen LogP contribution in [-0.2, 0) is 21.9 Å². The number of hydrogen-bond donors (Lipinski definition) is 2. The van der Waals surface area contributed by atoms with E-state index in [1.54, 1.807) is 0 Å². The third kappa shape index (κ3) is 6.45. The van der Waals surface area contributed by atoms with Crippen LogP contribution in [0.25, 0.3) is 0 Å². The summed E-state index contributed by atoms with van der Waals surface area (Å²) in [5, 5.41) is 6.44. The van der Waals surface area contributed by atoms with Crippen LogP contribution in [0.15, 0.2) is 0 Å². The monoisotopic (exact) mass is 412 g/mol. The van der Waals surface area contributed by atoms with Crippen LogP contribution in [0, 0.1) is 63.7 Å². The van der Waals surface area contributed by atoms with Crippen LogP contribution in [0.2, 0.25) is 0 Å². The van der Waals surface area contributed by atoms with E-state index in [0.717, 1.165) is 30.9 Å². The second-order valence-electron chi connectivity index (χ2n) is 6.43. The number of ketones is 1. The summed E-state index contributed by atoms with van der Waals surface area (Å²) in [6, 6.07) is 0.540. The SMILES string of the molecule is O=C1N[C@H]2[C@H](CS[C@H]2CCCCC(=O)[C]2[CH][CH][CH][CH]2)N1.[CH]1[CH][CH][CH][CH]1.[Fe+2]. The Bertz CT molecular complexity index is 445. The van der Waals surface area contributed by atoms with Crippen molar-refractivity contribution in [3.05, 3.63) is 63.7 Å². The topological polar surface area (TPSA) is 58.2 Å². The maximum atomic E-state index is 11.9. The van der Waals surface area contributed by atoms with Gasteiger partial charge in [0, 0.05) is 23.3 Å². The van der Waals surface area contributed by atoms with E-state index in [4.69, 9.17) is 0 Å². The van der Waals surface area contributed by atoms with E-state index >= 15 is 0 Å². The summed E-state index contributed by atoms with van der Waals surface area (Å²) in [7, 11) is 0. The van der Waals surface area contributed by atoms with Crippen LogP contribution in [0.5, 0.6) is 0 Å². The molecule has 4 rings (SSSR count). The van der Waals surface area contributed by atoms with Gasteiger partial charge in [0.25, 0.3) is 0 Å². The standard InChI is InChI=1S/C15H19N2O2S.C5H5.Fe/c18-12(10-5-1-2-6-10)7-3-4-8-13-14-11(9-20-13)16-15(19)17-14;1-2-4-5-3-1;/h1-2,5-6,11,13-14H,3-4,7-9H2,(H2,16,17,19);1-5H;/q;;+2/t11-,13-,14-;;/m0../s1. The molecule has 2 heterocycles. The molecule has 2 N–H and O–H groups in total. The molecule has 2 saturated heterocycles. The summed E-state index contributed by atoms with van der Waals surface area (Å²) >= 11 is 1.93. The van der Waals surface area contributed by atoms with Crippen LogP contribution in [0.1, 0.15) is 25.7 Å². The molecular weight excluding hydrogens is 388 g/mol. The second-order valence-corrected chi connectivity index (χ2v) is 7.70. The molecule has 0 unspecified atom stereocenters. The zero-order valence-electron chi connectivity index (χ0n) is 14.5. The molecule has 4 fully saturated rings. The van der Waals surface area contributed by atoms with Crippen molar-refractivity contribution in [3.63, 3.8) is 0 Å².